The fraction of sp³-hybridized carbons (Fsp3) is 0.412. The average Bonchev–Trinajstić information content (AvgIpc) is 3.10. The quantitative estimate of drug-likeness (QED) is 0.574. The second-order valence-corrected chi connectivity index (χ2v) is 4.95. The molecule has 0 spiro atoms. The van der Waals surface area contributed by atoms with Crippen molar-refractivity contribution < 1.29 is 9.47 Å². The summed E-state index contributed by atoms with van der Waals surface area (Å²) in [5.74, 6) is 2.14. The molecule has 1 aromatic carbocycles. The summed E-state index contributed by atoms with van der Waals surface area (Å²) in [7, 11) is 1.63. The Kier molecular flexibility index (Phi) is 6.94. The molecular formula is C17H25N5O2. The molecule has 2 rings (SSSR count). The lowest BCUT2D eigenvalue weighted by molar-refractivity contribution is 0.311. The molecule has 0 aliphatic carbocycles. The fourth-order valence-corrected chi connectivity index (χ4v) is 2.16. The molecule has 0 bridgehead atoms. The number of hydrogen-bond acceptors (Lipinski definition) is 4. The summed E-state index contributed by atoms with van der Waals surface area (Å²) < 4.78 is 12.8. The van der Waals surface area contributed by atoms with Gasteiger partial charge in [0.05, 0.1) is 26.8 Å². The van der Waals surface area contributed by atoms with Crippen LogP contribution in [0.15, 0.2) is 41.7 Å². The molecule has 0 radical (unpaired) electrons. The molecule has 0 fully saturated rings. The standard InChI is InChI=1S/C17H25N5O2/c1-4-18-17(19-10-12-22-11-6-9-20-22)21-14-7-8-15(24-5-2)16(13-14)23-3/h6-9,11,13H,4-5,10,12H2,1-3H3,(H2,18,19,21). The van der Waals surface area contributed by atoms with Crippen molar-refractivity contribution in [1.82, 2.24) is 15.1 Å². The number of aliphatic imine (C=N–C) groups is 1. The topological polar surface area (TPSA) is 72.7 Å². The zero-order chi connectivity index (χ0) is 17.2. The number of ether oxygens (including phenoxy) is 2. The minimum absolute atomic E-state index is 0.598. The second kappa shape index (κ2) is 9.44. The molecule has 7 heteroatoms. The van der Waals surface area contributed by atoms with Gasteiger partial charge in [0.25, 0.3) is 0 Å². The van der Waals surface area contributed by atoms with Crippen molar-refractivity contribution in [2.45, 2.75) is 20.4 Å². The molecule has 0 unspecified atom stereocenters. The zero-order valence-electron chi connectivity index (χ0n) is 14.5. The first kappa shape index (κ1) is 17.7. The summed E-state index contributed by atoms with van der Waals surface area (Å²) in [6.07, 6.45) is 3.69. The molecule has 0 amide bonds. The minimum atomic E-state index is 0.598. The van der Waals surface area contributed by atoms with Gasteiger partial charge in [-0.25, -0.2) is 0 Å². The van der Waals surface area contributed by atoms with Crippen LogP contribution in [0.1, 0.15) is 13.8 Å². The lowest BCUT2D eigenvalue weighted by Crippen LogP contribution is -2.31. The van der Waals surface area contributed by atoms with E-state index in [-0.39, 0.29) is 0 Å². The maximum Gasteiger partial charge on any atom is 0.195 e. The maximum atomic E-state index is 5.53. The zero-order valence-corrected chi connectivity index (χ0v) is 14.5. The van der Waals surface area contributed by atoms with E-state index in [1.807, 2.05) is 49.0 Å². The van der Waals surface area contributed by atoms with E-state index >= 15 is 0 Å². The van der Waals surface area contributed by atoms with E-state index < -0.39 is 0 Å². The van der Waals surface area contributed by atoms with Gasteiger partial charge in [-0.1, -0.05) is 0 Å². The summed E-state index contributed by atoms with van der Waals surface area (Å²) in [6.45, 7) is 6.72. The number of methoxy groups -OCH3 is 1. The molecule has 0 saturated carbocycles. The van der Waals surface area contributed by atoms with Gasteiger partial charge < -0.3 is 20.1 Å². The highest BCUT2D eigenvalue weighted by atomic mass is 16.5. The molecule has 0 aliphatic rings. The van der Waals surface area contributed by atoms with Crippen LogP contribution in [0.2, 0.25) is 0 Å². The molecule has 0 atom stereocenters. The third kappa shape index (κ3) is 5.19. The molecular weight excluding hydrogens is 306 g/mol. The molecule has 1 aromatic heterocycles. The van der Waals surface area contributed by atoms with Gasteiger partial charge in [-0.2, -0.15) is 5.10 Å². The van der Waals surface area contributed by atoms with E-state index in [0.717, 1.165) is 30.5 Å². The highest BCUT2D eigenvalue weighted by Gasteiger charge is 2.06. The van der Waals surface area contributed by atoms with Crippen LogP contribution >= 0.6 is 0 Å². The summed E-state index contributed by atoms with van der Waals surface area (Å²) in [5, 5.41) is 10.7. The number of nitrogens with zero attached hydrogens (tertiary/aromatic N) is 3. The Morgan fingerprint density at radius 2 is 2.17 bits per heavy atom. The summed E-state index contributed by atoms with van der Waals surface area (Å²) in [4.78, 5) is 4.56. The first-order valence-electron chi connectivity index (χ1n) is 8.10. The second-order valence-electron chi connectivity index (χ2n) is 4.95. The van der Waals surface area contributed by atoms with Crippen LogP contribution in [0.3, 0.4) is 0 Å². The molecule has 2 aromatic rings. The summed E-state index contributed by atoms with van der Waals surface area (Å²) >= 11 is 0. The smallest absolute Gasteiger partial charge is 0.195 e. The Bertz CT molecular complexity index is 640. The Labute approximate surface area is 142 Å². The predicted octanol–water partition coefficient (Wildman–Crippen LogP) is 2.37. The van der Waals surface area contributed by atoms with Crippen molar-refractivity contribution in [3.8, 4) is 11.5 Å². The van der Waals surface area contributed by atoms with E-state index in [1.54, 1.807) is 13.3 Å². The van der Waals surface area contributed by atoms with Gasteiger partial charge in [-0.05, 0) is 32.0 Å². The van der Waals surface area contributed by atoms with Gasteiger partial charge in [0.15, 0.2) is 17.5 Å². The molecule has 2 N–H and O–H groups in total. The Balaban J connectivity index is 2.03. The van der Waals surface area contributed by atoms with Crippen molar-refractivity contribution in [3.05, 3.63) is 36.7 Å². The normalized spacial score (nSPS) is 11.2. The van der Waals surface area contributed by atoms with Crippen molar-refractivity contribution in [2.24, 2.45) is 4.99 Å². The Morgan fingerprint density at radius 3 is 2.83 bits per heavy atom. The number of benzene rings is 1. The van der Waals surface area contributed by atoms with Crippen LogP contribution in [0.4, 0.5) is 5.69 Å². The minimum Gasteiger partial charge on any atom is -0.493 e. The van der Waals surface area contributed by atoms with Crippen LogP contribution in [0.5, 0.6) is 11.5 Å². The lowest BCUT2D eigenvalue weighted by Gasteiger charge is -2.14. The Hall–Kier alpha value is -2.70. The van der Waals surface area contributed by atoms with Crippen molar-refractivity contribution in [3.63, 3.8) is 0 Å². The van der Waals surface area contributed by atoms with Gasteiger partial charge in [-0.3, -0.25) is 9.67 Å². The van der Waals surface area contributed by atoms with E-state index in [0.29, 0.717) is 18.9 Å². The number of nitrogens with one attached hydrogen (secondary N) is 2. The van der Waals surface area contributed by atoms with E-state index in [4.69, 9.17) is 9.47 Å². The van der Waals surface area contributed by atoms with Crippen LogP contribution in [-0.4, -0.2) is 42.5 Å². The van der Waals surface area contributed by atoms with Crippen LogP contribution in [0, 0.1) is 0 Å². The fourth-order valence-electron chi connectivity index (χ4n) is 2.16. The number of rotatable bonds is 8. The number of guanidine groups is 1. The van der Waals surface area contributed by atoms with Crippen molar-refractivity contribution in [2.75, 3.05) is 32.1 Å². The van der Waals surface area contributed by atoms with E-state index in [1.165, 1.54) is 0 Å². The van der Waals surface area contributed by atoms with Gasteiger partial charge in [0.2, 0.25) is 0 Å². The first-order chi connectivity index (χ1) is 11.8. The summed E-state index contributed by atoms with van der Waals surface area (Å²) in [5.41, 5.74) is 0.883. The van der Waals surface area contributed by atoms with Crippen LogP contribution in [0.25, 0.3) is 0 Å². The molecule has 0 saturated heterocycles. The Morgan fingerprint density at radius 1 is 1.29 bits per heavy atom. The monoisotopic (exact) mass is 331 g/mol. The van der Waals surface area contributed by atoms with Gasteiger partial charge in [0, 0.05) is 30.7 Å². The van der Waals surface area contributed by atoms with Crippen molar-refractivity contribution >= 4 is 11.6 Å². The van der Waals surface area contributed by atoms with E-state index in [2.05, 4.69) is 20.7 Å². The predicted molar refractivity (Wildman–Crippen MR) is 96.0 cm³/mol. The molecule has 0 aliphatic heterocycles. The first-order valence-corrected chi connectivity index (χ1v) is 8.10. The van der Waals surface area contributed by atoms with Gasteiger partial charge in [0.1, 0.15) is 0 Å². The van der Waals surface area contributed by atoms with Crippen LogP contribution < -0.4 is 20.1 Å². The van der Waals surface area contributed by atoms with Gasteiger partial charge in [-0.15, -0.1) is 0 Å². The third-order valence-electron chi connectivity index (χ3n) is 3.23. The molecule has 1 heterocycles. The molecule has 24 heavy (non-hydrogen) atoms. The van der Waals surface area contributed by atoms with Crippen molar-refractivity contribution in [1.29, 1.82) is 0 Å². The van der Waals surface area contributed by atoms with E-state index in [9.17, 15) is 0 Å². The average molecular weight is 331 g/mol. The largest absolute Gasteiger partial charge is 0.493 e. The SMILES string of the molecule is CCNC(=NCCn1cccn1)Nc1ccc(OCC)c(OC)c1. The number of anilines is 1. The van der Waals surface area contributed by atoms with Gasteiger partial charge >= 0.3 is 0 Å². The molecule has 7 nitrogen and oxygen atoms in total. The molecule has 130 valence electrons. The summed E-state index contributed by atoms with van der Waals surface area (Å²) in [6, 6.07) is 7.62. The maximum absolute atomic E-state index is 5.53. The highest BCUT2D eigenvalue weighted by Crippen LogP contribution is 2.30. The number of aromatic nitrogens is 2. The third-order valence-corrected chi connectivity index (χ3v) is 3.23. The lowest BCUT2D eigenvalue weighted by atomic mass is 10.2. The highest BCUT2D eigenvalue weighted by molar-refractivity contribution is 5.93. The number of hydrogen-bond donors (Lipinski definition) is 2. The van der Waals surface area contributed by atoms with Crippen LogP contribution in [-0.2, 0) is 6.54 Å².